The minimum Gasteiger partial charge on any atom is -1.00 e. The number of aliphatic hydroxyl groups excluding tert-OH is 2. The predicted octanol–water partition coefficient (Wildman–Crippen LogP) is -4.21. The van der Waals surface area contributed by atoms with Crippen LogP contribution in [0.5, 0.6) is 0 Å². The van der Waals surface area contributed by atoms with Gasteiger partial charge in [-0.2, -0.15) is 0 Å². The Bertz CT molecular complexity index is 745. The molecule has 0 bridgehead atoms. The van der Waals surface area contributed by atoms with Gasteiger partial charge in [0.1, 0.15) is 12.2 Å². The van der Waals surface area contributed by atoms with Gasteiger partial charge in [0.05, 0.1) is 6.10 Å². The van der Waals surface area contributed by atoms with Gasteiger partial charge < -0.3 is 18.2 Å². The van der Waals surface area contributed by atoms with Gasteiger partial charge in [0.2, 0.25) is 0 Å². The van der Waals surface area contributed by atoms with Crippen LogP contribution in [0.25, 0.3) is 0 Å². The summed E-state index contributed by atoms with van der Waals surface area (Å²) in [5, 5.41) is 31.7. The molecule has 0 aliphatic heterocycles. The molecular formula is C21H30Na2O5. The van der Waals surface area contributed by atoms with Gasteiger partial charge in [-0.25, -0.2) is 0 Å². The third kappa shape index (κ3) is 3.25. The number of Topliss-reactive ketones (excluding diaryl/α,β-unsaturated/α-hetero) is 1. The van der Waals surface area contributed by atoms with Gasteiger partial charge in [-0.1, -0.05) is 25.5 Å². The number of fused-ring (bicyclic) bond motifs is 5. The number of hydrogen-bond acceptors (Lipinski definition) is 5. The van der Waals surface area contributed by atoms with E-state index in [-0.39, 0.29) is 90.9 Å². The van der Waals surface area contributed by atoms with Gasteiger partial charge in [0, 0.05) is 16.7 Å². The van der Waals surface area contributed by atoms with E-state index in [1.807, 2.05) is 13.0 Å². The largest absolute Gasteiger partial charge is 1.00 e. The van der Waals surface area contributed by atoms with Crippen LogP contribution in [0.3, 0.4) is 0 Å². The summed E-state index contributed by atoms with van der Waals surface area (Å²) in [6.07, 6.45) is 7.68. The normalized spacial score (nSPS) is 46.3. The quantitative estimate of drug-likeness (QED) is 0.403. The van der Waals surface area contributed by atoms with E-state index in [9.17, 15) is 24.9 Å². The minimum absolute atomic E-state index is 0. The maximum atomic E-state index is 12.4. The second-order valence-electron chi connectivity index (χ2n) is 9.19. The van der Waals surface area contributed by atoms with E-state index in [1.165, 1.54) is 0 Å². The maximum absolute atomic E-state index is 12.4. The van der Waals surface area contributed by atoms with Crippen molar-refractivity contribution in [2.45, 2.75) is 57.7 Å². The van der Waals surface area contributed by atoms with E-state index >= 15 is 0 Å². The van der Waals surface area contributed by atoms with Crippen molar-refractivity contribution >= 4 is 11.6 Å². The summed E-state index contributed by atoms with van der Waals surface area (Å²) in [4.78, 5) is 24.2. The number of ketones is 2. The summed E-state index contributed by atoms with van der Waals surface area (Å²) < 4.78 is 0. The van der Waals surface area contributed by atoms with Gasteiger partial charge in [0.15, 0.2) is 11.6 Å². The smallest absolute Gasteiger partial charge is 1.00 e. The Morgan fingerprint density at radius 2 is 1.96 bits per heavy atom. The van der Waals surface area contributed by atoms with E-state index in [4.69, 9.17) is 0 Å². The van der Waals surface area contributed by atoms with Crippen molar-refractivity contribution < 1.29 is 86.9 Å². The van der Waals surface area contributed by atoms with Crippen LogP contribution in [0.2, 0.25) is 0 Å². The fraction of sp³-hybridized carbons (Fsp3) is 0.714. The second-order valence-corrected chi connectivity index (χ2v) is 9.19. The van der Waals surface area contributed by atoms with E-state index in [0.29, 0.717) is 12.8 Å². The first-order valence-corrected chi connectivity index (χ1v) is 9.66. The van der Waals surface area contributed by atoms with Crippen LogP contribution in [0, 0.1) is 28.6 Å². The zero-order chi connectivity index (χ0) is 18.9. The molecule has 0 aromatic carbocycles. The first-order valence-electron chi connectivity index (χ1n) is 9.66. The van der Waals surface area contributed by atoms with Crippen molar-refractivity contribution in [1.82, 2.24) is 0 Å². The summed E-state index contributed by atoms with van der Waals surface area (Å²) in [7, 11) is 0. The molecule has 5 nitrogen and oxygen atoms in total. The van der Waals surface area contributed by atoms with Crippen molar-refractivity contribution in [3.8, 4) is 0 Å². The van der Waals surface area contributed by atoms with Crippen molar-refractivity contribution in [1.29, 1.82) is 0 Å². The van der Waals surface area contributed by atoms with Gasteiger partial charge in [-0.15, -0.1) is 0 Å². The van der Waals surface area contributed by atoms with Crippen molar-refractivity contribution in [2.75, 3.05) is 6.61 Å². The molecule has 0 aromatic heterocycles. The van der Waals surface area contributed by atoms with Gasteiger partial charge in [-0.3, -0.25) is 9.59 Å². The number of carbonyl (C=O) groups excluding carboxylic acids is 2. The van der Waals surface area contributed by atoms with Crippen LogP contribution >= 0.6 is 0 Å². The van der Waals surface area contributed by atoms with Crippen molar-refractivity contribution in [3.63, 3.8) is 0 Å². The van der Waals surface area contributed by atoms with Gasteiger partial charge in [0.25, 0.3) is 0 Å². The van der Waals surface area contributed by atoms with Crippen molar-refractivity contribution in [2.24, 2.45) is 28.6 Å². The Kier molecular flexibility index (Phi) is 7.42. The zero-order valence-electron chi connectivity index (χ0n) is 19.4. The minimum atomic E-state index is -1.56. The van der Waals surface area contributed by atoms with Crippen LogP contribution in [0.1, 0.15) is 48.8 Å². The number of carbonyl (C=O) groups is 2. The third-order valence-corrected chi connectivity index (χ3v) is 8.25. The Balaban J connectivity index is 0.00000210. The molecule has 7 atom stereocenters. The number of rotatable bonds is 2. The average molecular weight is 408 g/mol. The number of allylic oxidation sites excluding steroid dienone is 4. The van der Waals surface area contributed by atoms with E-state index in [2.05, 4.69) is 6.92 Å². The first-order chi connectivity index (χ1) is 12.2. The topological polar surface area (TPSA) is 94.8 Å². The standard InChI is InChI=1S/C21H28O5.2Na.2H/c1-19-7-5-13(23)9-12(19)3-4-14-15-6-8-21(26,17(25)11-22)20(15,2)10-16(24)18(14)19;;;;/h5,7,9,14-16,18,22,24,26H,3-4,6,8,10-11H2,1-2H3;;;;/q;2*+1;2*-1/t14-,15-,16-,18+,19-,20-,21-;;;;/m0..../s1. The maximum Gasteiger partial charge on any atom is 1.00 e. The summed E-state index contributed by atoms with van der Waals surface area (Å²) >= 11 is 0. The Labute approximate surface area is 213 Å². The van der Waals surface area contributed by atoms with Gasteiger partial charge in [-0.05, 0) is 56.1 Å². The van der Waals surface area contributed by atoms with Crippen LogP contribution in [-0.2, 0) is 9.59 Å². The van der Waals surface area contributed by atoms with Crippen LogP contribution in [0.4, 0.5) is 0 Å². The summed E-state index contributed by atoms with van der Waals surface area (Å²) in [6, 6.07) is 0. The molecule has 7 heteroatoms. The molecule has 0 aromatic rings. The SMILES string of the molecule is C[C@]12C=CC(=O)C=C1CC[C@@H]1[C@@H]2[C@@H](O)C[C@@]2(C)[C@H]1CC[C@]2(O)C(=O)CO.[H-].[H-].[Na+].[Na+]. The molecule has 146 valence electrons. The molecule has 3 saturated carbocycles. The Morgan fingerprint density at radius 3 is 2.61 bits per heavy atom. The molecule has 0 radical (unpaired) electrons. The third-order valence-electron chi connectivity index (χ3n) is 8.25. The fourth-order valence-corrected chi connectivity index (χ4v) is 6.92. The van der Waals surface area contributed by atoms with E-state index in [0.717, 1.165) is 24.8 Å². The number of hydrogen-bond donors (Lipinski definition) is 3. The molecule has 3 fully saturated rings. The fourth-order valence-electron chi connectivity index (χ4n) is 6.92. The molecule has 3 N–H and O–H groups in total. The first kappa shape index (κ1) is 25.0. The van der Waals surface area contributed by atoms with Crippen LogP contribution < -0.4 is 59.1 Å². The van der Waals surface area contributed by atoms with E-state index < -0.39 is 29.5 Å². The van der Waals surface area contributed by atoms with E-state index in [1.54, 1.807) is 12.2 Å². The van der Waals surface area contributed by atoms with Crippen LogP contribution in [-0.4, -0.2) is 45.2 Å². The molecule has 28 heavy (non-hydrogen) atoms. The molecule has 4 aliphatic carbocycles. The molecule has 0 heterocycles. The molecular weight excluding hydrogens is 378 g/mol. The molecule has 0 saturated heterocycles. The molecule has 4 aliphatic rings. The molecule has 0 unspecified atom stereocenters. The summed E-state index contributed by atoms with van der Waals surface area (Å²) in [5.41, 5.74) is -1.54. The monoisotopic (exact) mass is 408 g/mol. The second kappa shape index (κ2) is 8.33. The average Bonchev–Trinajstić information content (AvgIpc) is 2.86. The molecule has 0 amide bonds. The summed E-state index contributed by atoms with van der Waals surface area (Å²) in [6.45, 7) is 3.34. The zero-order valence-corrected chi connectivity index (χ0v) is 21.4. The number of aliphatic hydroxyl groups is 3. The predicted molar refractivity (Wildman–Crippen MR) is 97.3 cm³/mol. The molecule has 4 rings (SSSR count). The van der Waals surface area contributed by atoms with Crippen LogP contribution in [0.15, 0.2) is 23.8 Å². The Hall–Kier alpha value is 0.700. The summed E-state index contributed by atoms with van der Waals surface area (Å²) in [5.74, 6) is -0.227. The van der Waals surface area contributed by atoms with Crippen molar-refractivity contribution in [3.05, 3.63) is 23.8 Å². The molecule has 0 spiro atoms. The van der Waals surface area contributed by atoms with Gasteiger partial charge >= 0.3 is 59.1 Å². The Morgan fingerprint density at radius 1 is 1.29 bits per heavy atom.